The van der Waals surface area contributed by atoms with Crippen LogP contribution in [0.3, 0.4) is 0 Å². The highest BCUT2D eigenvalue weighted by molar-refractivity contribution is 7.90. The van der Waals surface area contributed by atoms with Crippen LogP contribution in [0, 0.1) is 0 Å². The number of imide groups is 1. The number of carbonyl (C=O) groups is 3. The smallest absolute Gasteiger partial charge is 0.325 e. The van der Waals surface area contributed by atoms with Crippen molar-refractivity contribution in [3.63, 3.8) is 0 Å². The molecule has 11 heteroatoms. The van der Waals surface area contributed by atoms with E-state index < -0.39 is 39.8 Å². The van der Waals surface area contributed by atoms with Crippen LogP contribution in [0.5, 0.6) is 11.5 Å². The minimum absolute atomic E-state index is 0.112. The van der Waals surface area contributed by atoms with E-state index in [1.54, 1.807) is 25.1 Å². The summed E-state index contributed by atoms with van der Waals surface area (Å²) in [5.41, 5.74) is -0.534. The maximum atomic E-state index is 13.1. The van der Waals surface area contributed by atoms with Crippen LogP contribution in [-0.2, 0) is 25.0 Å². The van der Waals surface area contributed by atoms with Gasteiger partial charge in [0.25, 0.3) is 5.91 Å². The molecule has 4 amide bonds. The molecule has 2 N–H and O–H groups in total. The summed E-state index contributed by atoms with van der Waals surface area (Å²) in [5.74, 6) is -0.130. The molecule has 2 heterocycles. The van der Waals surface area contributed by atoms with Gasteiger partial charge in [0, 0.05) is 18.4 Å². The number of hydrogen-bond donors (Lipinski definition) is 2. The summed E-state index contributed by atoms with van der Waals surface area (Å²) in [6.45, 7) is 2.07. The summed E-state index contributed by atoms with van der Waals surface area (Å²) in [7, 11) is -3.36. The third-order valence-corrected chi connectivity index (χ3v) is 6.60. The highest BCUT2D eigenvalue weighted by Gasteiger charge is 2.49. The summed E-state index contributed by atoms with van der Waals surface area (Å²) in [4.78, 5) is 39.1. The van der Waals surface area contributed by atoms with Crippen molar-refractivity contribution < 1.29 is 32.3 Å². The number of anilines is 1. The van der Waals surface area contributed by atoms with E-state index in [0.717, 1.165) is 17.6 Å². The van der Waals surface area contributed by atoms with Crippen molar-refractivity contribution in [3.05, 3.63) is 48.0 Å². The average Bonchev–Trinajstić information content (AvgIpc) is 2.92. The Morgan fingerprint density at radius 3 is 2.42 bits per heavy atom. The van der Waals surface area contributed by atoms with Crippen LogP contribution in [-0.4, -0.2) is 57.2 Å². The molecule has 10 nitrogen and oxygen atoms in total. The first-order valence-electron chi connectivity index (χ1n) is 10.2. The number of hydrogen-bond acceptors (Lipinski definition) is 7. The Morgan fingerprint density at radius 1 is 1.09 bits per heavy atom. The second-order valence-electron chi connectivity index (χ2n) is 8.00. The van der Waals surface area contributed by atoms with Gasteiger partial charge >= 0.3 is 6.03 Å². The quantitative estimate of drug-likeness (QED) is 0.632. The summed E-state index contributed by atoms with van der Waals surface area (Å²) < 4.78 is 34.4. The topological polar surface area (TPSA) is 131 Å². The Hall–Kier alpha value is -3.60. The molecule has 33 heavy (non-hydrogen) atoms. The molecule has 0 saturated carbocycles. The first kappa shape index (κ1) is 22.6. The van der Waals surface area contributed by atoms with Gasteiger partial charge in [-0.3, -0.25) is 14.5 Å². The Bertz CT molecular complexity index is 1230. The van der Waals surface area contributed by atoms with Crippen molar-refractivity contribution in [3.8, 4) is 11.5 Å². The number of benzene rings is 2. The van der Waals surface area contributed by atoms with Crippen molar-refractivity contribution >= 4 is 33.4 Å². The van der Waals surface area contributed by atoms with E-state index >= 15 is 0 Å². The molecule has 2 aliphatic rings. The molecule has 1 fully saturated rings. The minimum Gasteiger partial charge on any atom is -0.490 e. The Labute approximate surface area is 190 Å². The third-order valence-electron chi connectivity index (χ3n) is 5.47. The number of urea groups is 1. The largest absolute Gasteiger partial charge is 0.490 e. The zero-order valence-electron chi connectivity index (χ0n) is 18.1. The van der Waals surface area contributed by atoms with Crippen molar-refractivity contribution in [1.29, 1.82) is 0 Å². The number of nitrogens with zero attached hydrogens (tertiary/aromatic N) is 1. The number of amides is 4. The van der Waals surface area contributed by atoms with Gasteiger partial charge in [-0.05, 0) is 48.9 Å². The summed E-state index contributed by atoms with van der Waals surface area (Å²) in [6.07, 6.45) is 1.81. The van der Waals surface area contributed by atoms with Crippen LogP contribution in [0.15, 0.2) is 47.4 Å². The molecule has 1 saturated heterocycles. The molecule has 0 bridgehead atoms. The SMILES string of the molecule is C[C@]1(c2ccc3c(c2)OCCCO3)NC(=O)N(CC(=O)Nc2ccc(S(C)(=O)=O)cc2)C1=O. The van der Waals surface area contributed by atoms with Crippen LogP contribution < -0.4 is 20.1 Å². The predicted molar refractivity (Wildman–Crippen MR) is 118 cm³/mol. The predicted octanol–water partition coefficient (Wildman–Crippen LogP) is 1.66. The standard InChI is InChI=1S/C22H23N3O7S/c1-22(14-4-9-17-18(12-14)32-11-3-10-31-17)20(27)25(21(28)24-22)13-19(26)23-15-5-7-16(8-6-15)33(2,29)30/h4-9,12H,3,10-11,13H2,1-2H3,(H,23,26)(H,24,28)/t22-/m1/s1. The van der Waals surface area contributed by atoms with Crippen LogP contribution in [0.1, 0.15) is 18.9 Å². The molecule has 0 radical (unpaired) electrons. The monoisotopic (exact) mass is 473 g/mol. The van der Waals surface area contributed by atoms with Gasteiger partial charge in [-0.15, -0.1) is 0 Å². The first-order chi connectivity index (χ1) is 15.6. The molecular weight excluding hydrogens is 450 g/mol. The van der Waals surface area contributed by atoms with E-state index in [1.807, 2.05) is 0 Å². The molecule has 4 rings (SSSR count). The van der Waals surface area contributed by atoms with Gasteiger partial charge in [-0.2, -0.15) is 0 Å². The number of rotatable bonds is 5. The summed E-state index contributed by atoms with van der Waals surface area (Å²) in [6, 6.07) is 9.92. The van der Waals surface area contributed by atoms with E-state index in [2.05, 4.69) is 10.6 Å². The second-order valence-corrected chi connectivity index (χ2v) is 10.0. The van der Waals surface area contributed by atoms with Crippen molar-refractivity contribution in [2.24, 2.45) is 0 Å². The van der Waals surface area contributed by atoms with Crippen LogP contribution in [0.2, 0.25) is 0 Å². The molecule has 1 atom stereocenters. The number of nitrogens with one attached hydrogen (secondary N) is 2. The highest BCUT2D eigenvalue weighted by atomic mass is 32.2. The lowest BCUT2D eigenvalue weighted by Crippen LogP contribution is -2.42. The Kier molecular flexibility index (Phi) is 5.75. The van der Waals surface area contributed by atoms with Gasteiger partial charge in [0.15, 0.2) is 21.3 Å². The zero-order chi connectivity index (χ0) is 23.8. The lowest BCUT2D eigenvalue weighted by Gasteiger charge is -2.23. The Morgan fingerprint density at radius 2 is 1.76 bits per heavy atom. The molecule has 0 unspecified atom stereocenters. The number of fused-ring (bicyclic) bond motifs is 1. The van der Waals surface area contributed by atoms with Gasteiger partial charge in [-0.25, -0.2) is 13.2 Å². The highest BCUT2D eigenvalue weighted by Crippen LogP contribution is 2.36. The molecule has 2 aromatic rings. The first-order valence-corrected chi connectivity index (χ1v) is 12.1. The average molecular weight is 474 g/mol. The molecule has 0 spiro atoms. The van der Waals surface area contributed by atoms with E-state index in [1.165, 1.54) is 24.3 Å². The van der Waals surface area contributed by atoms with E-state index in [-0.39, 0.29) is 4.90 Å². The van der Waals surface area contributed by atoms with Crippen molar-refractivity contribution in [2.45, 2.75) is 23.8 Å². The van der Waals surface area contributed by atoms with Crippen molar-refractivity contribution in [1.82, 2.24) is 10.2 Å². The lowest BCUT2D eigenvalue weighted by molar-refractivity contribution is -0.133. The van der Waals surface area contributed by atoms with Gasteiger partial charge in [0.1, 0.15) is 12.1 Å². The third kappa shape index (κ3) is 4.49. The zero-order valence-corrected chi connectivity index (χ0v) is 18.9. The fourth-order valence-corrected chi connectivity index (χ4v) is 4.27. The number of ether oxygens (including phenoxy) is 2. The van der Waals surface area contributed by atoms with Crippen LogP contribution in [0.4, 0.5) is 10.5 Å². The molecule has 2 aromatic carbocycles. The lowest BCUT2D eigenvalue weighted by atomic mass is 9.91. The maximum Gasteiger partial charge on any atom is 0.325 e. The molecule has 0 aliphatic carbocycles. The van der Waals surface area contributed by atoms with E-state index in [9.17, 15) is 22.8 Å². The van der Waals surface area contributed by atoms with Crippen molar-refractivity contribution in [2.75, 3.05) is 31.3 Å². The van der Waals surface area contributed by atoms with Gasteiger partial charge in [0.05, 0.1) is 18.1 Å². The molecule has 174 valence electrons. The summed E-state index contributed by atoms with van der Waals surface area (Å²) >= 11 is 0. The van der Waals surface area contributed by atoms with Crippen LogP contribution in [0.25, 0.3) is 0 Å². The molecular formula is C22H23N3O7S. The second kappa shape index (κ2) is 8.39. The van der Waals surface area contributed by atoms with E-state index in [0.29, 0.717) is 36.0 Å². The number of sulfone groups is 1. The van der Waals surface area contributed by atoms with Gasteiger partial charge < -0.3 is 20.1 Å². The molecule has 0 aromatic heterocycles. The fourth-order valence-electron chi connectivity index (χ4n) is 3.64. The normalized spacial score (nSPS) is 20.2. The minimum atomic E-state index is -3.36. The maximum absolute atomic E-state index is 13.1. The summed E-state index contributed by atoms with van der Waals surface area (Å²) in [5, 5.41) is 5.22. The fraction of sp³-hybridized carbons (Fsp3) is 0.318. The van der Waals surface area contributed by atoms with E-state index in [4.69, 9.17) is 9.47 Å². The molecule has 2 aliphatic heterocycles. The Balaban J connectivity index is 1.48. The van der Waals surface area contributed by atoms with Crippen LogP contribution >= 0.6 is 0 Å². The number of carbonyl (C=O) groups excluding carboxylic acids is 3. The van der Waals surface area contributed by atoms with Gasteiger partial charge in [0.2, 0.25) is 5.91 Å². The van der Waals surface area contributed by atoms with Gasteiger partial charge in [-0.1, -0.05) is 6.07 Å².